The Hall–Kier alpha value is -3.60. The van der Waals surface area contributed by atoms with E-state index >= 15 is 0 Å². The van der Waals surface area contributed by atoms with E-state index in [4.69, 9.17) is 0 Å². The Bertz CT molecular complexity index is 1100. The number of nitrogens with zero attached hydrogens (tertiary/aromatic N) is 2. The highest BCUT2D eigenvalue weighted by Crippen LogP contribution is 2.19. The second-order valence-corrected chi connectivity index (χ2v) is 6.85. The van der Waals surface area contributed by atoms with Crippen LogP contribution in [0.5, 0.6) is 0 Å². The summed E-state index contributed by atoms with van der Waals surface area (Å²) in [5.41, 5.74) is 3.93. The number of aromatic nitrogens is 2. The highest BCUT2D eigenvalue weighted by Gasteiger charge is 2.16. The third kappa shape index (κ3) is 4.14. The van der Waals surface area contributed by atoms with Crippen LogP contribution in [0.3, 0.4) is 0 Å². The average molecular weight is 384 g/mol. The Morgan fingerprint density at radius 1 is 1.07 bits per heavy atom. The second kappa shape index (κ2) is 8.61. The molecule has 0 bridgehead atoms. The van der Waals surface area contributed by atoms with Gasteiger partial charge >= 0.3 is 0 Å². The third-order valence-corrected chi connectivity index (χ3v) is 5.01. The van der Waals surface area contributed by atoms with Gasteiger partial charge in [0.2, 0.25) is 0 Å². The van der Waals surface area contributed by atoms with Crippen LogP contribution in [0.15, 0.2) is 79.1 Å². The molecule has 2 aromatic heterocycles. The number of fused-ring (bicyclic) bond motifs is 1. The van der Waals surface area contributed by atoms with Gasteiger partial charge in [-0.25, -0.2) is 4.98 Å². The van der Waals surface area contributed by atoms with Crippen molar-refractivity contribution in [3.8, 4) is 0 Å². The van der Waals surface area contributed by atoms with Gasteiger partial charge in [0.05, 0.1) is 0 Å². The van der Waals surface area contributed by atoms with Crippen LogP contribution in [0.4, 0.5) is 11.5 Å². The lowest BCUT2D eigenvalue weighted by Crippen LogP contribution is -2.30. The third-order valence-electron chi connectivity index (χ3n) is 5.01. The molecule has 0 spiro atoms. The molecule has 2 heterocycles. The van der Waals surface area contributed by atoms with E-state index in [1.807, 2.05) is 49.4 Å². The topological polar surface area (TPSA) is 61.0 Å². The average Bonchev–Trinajstić information content (AvgIpc) is 3.18. The molecule has 0 saturated carbocycles. The summed E-state index contributed by atoms with van der Waals surface area (Å²) in [4.78, 5) is 22.4. The van der Waals surface area contributed by atoms with E-state index in [0.29, 0.717) is 17.9 Å². The summed E-state index contributed by atoms with van der Waals surface area (Å²) in [5, 5.41) is 4.59. The second-order valence-electron chi connectivity index (χ2n) is 6.85. The van der Waals surface area contributed by atoms with Gasteiger partial charge < -0.3 is 15.2 Å². The van der Waals surface area contributed by atoms with E-state index in [9.17, 15) is 4.79 Å². The first-order chi connectivity index (χ1) is 14.3. The van der Waals surface area contributed by atoms with Crippen LogP contribution >= 0.6 is 0 Å². The van der Waals surface area contributed by atoms with Gasteiger partial charge in [-0.2, -0.15) is 0 Å². The Balaban J connectivity index is 1.43. The summed E-state index contributed by atoms with van der Waals surface area (Å²) in [6.45, 7) is 3.32. The minimum absolute atomic E-state index is 0.0271. The van der Waals surface area contributed by atoms with Gasteiger partial charge in [0.15, 0.2) is 0 Å². The van der Waals surface area contributed by atoms with E-state index in [-0.39, 0.29) is 5.91 Å². The van der Waals surface area contributed by atoms with Crippen LogP contribution in [0.25, 0.3) is 10.9 Å². The van der Waals surface area contributed by atoms with Crippen molar-refractivity contribution in [1.82, 2.24) is 9.97 Å². The largest absolute Gasteiger partial charge is 0.370 e. The molecular weight excluding hydrogens is 360 g/mol. The SMILES string of the molecule is CCN(C(=O)c1ccnc(NCCc2c[nH]c3ccccc23)c1)c1ccccc1. The van der Waals surface area contributed by atoms with Gasteiger partial charge in [-0.05, 0) is 49.2 Å². The number of rotatable bonds is 7. The summed E-state index contributed by atoms with van der Waals surface area (Å²) in [7, 11) is 0. The molecule has 0 aliphatic heterocycles. The van der Waals surface area contributed by atoms with E-state index in [1.54, 1.807) is 17.2 Å². The molecule has 146 valence electrons. The molecule has 4 aromatic rings. The van der Waals surface area contributed by atoms with Crippen LogP contribution < -0.4 is 10.2 Å². The van der Waals surface area contributed by atoms with Crippen molar-refractivity contribution in [2.24, 2.45) is 0 Å². The summed E-state index contributed by atoms with van der Waals surface area (Å²) < 4.78 is 0. The zero-order chi connectivity index (χ0) is 20.1. The zero-order valence-electron chi connectivity index (χ0n) is 16.4. The maximum atomic E-state index is 13.0. The fourth-order valence-corrected chi connectivity index (χ4v) is 3.53. The maximum absolute atomic E-state index is 13.0. The smallest absolute Gasteiger partial charge is 0.258 e. The number of carbonyl (C=O) groups is 1. The fraction of sp³-hybridized carbons (Fsp3) is 0.167. The molecule has 2 N–H and O–H groups in total. The van der Waals surface area contributed by atoms with E-state index < -0.39 is 0 Å². The molecular formula is C24H24N4O. The summed E-state index contributed by atoms with van der Waals surface area (Å²) >= 11 is 0. The number of nitrogens with one attached hydrogen (secondary N) is 2. The fourth-order valence-electron chi connectivity index (χ4n) is 3.53. The lowest BCUT2D eigenvalue weighted by molar-refractivity contribution is 0.0988. The van der Waals surface area contributed by atoms with Gasteiger partial charge in [0, 0.05) is 47.6 Å². The first-order valence-corrected chi connectivity index (χ1v) is 9.88. The van der Waals surface area contributed by atoms with Crippen molar-refractivity contribution in [1.29, 1.82) is 0 Å². The Labute approximate surface area is 170 Å². The van der Waals surface area contributed by atoms with E-state index in [2.05, 4.69) is 39.7 Å². The van der Waals surface area contributed by atoms with Crippen molar-refractivity contribution in [2.75, 3.05) is 23.3 Å². The van der Waals surface area contributed by atoms with Gasteiger partial charge in [-0.3, -0.25) is 4.79 Å². The molecule has 0 aliphatic rings. The Morgan fingerprint density at radius 2 is 1.86 bits per heavy atom. The minimum atomic E-state index is -0.0271. The van der Waals surface area contributed by atoms with Crippen LogP contribution in [-0.4, -0.2) is 29.0 Å². The number of hydrogen-bond donors (Lipinski definition) is 2. The number of H-pyrrole nitrogens is 1. The van der Waals surface area contributed by atoms with E-state index in [0.717, 1.165) is 24.2 Å². The number of anilines is 2. The number of aromatic amines is 1. The summed E-state index contributed by atoms with van der Waals surface area (Å²) in [5.74, 6) is 0.681. The van der Waals surface area contributed by atoms with Crippen LogP contribution in [0.1, 0.15) is 22.8 Å². The van der Waals surface area contributed by atoms with Gasteiger partial charge in [0.1, 0.15) is 5.82 Å². The van der Waals surface area contributed by atoms with Gasteiger partial charge in [0.25, 0.3) is 5.91 Å². The van der Waals surface area contributed by atoms with Crippen LogP contribution in [0.2, 0.25) is 0 Å². The number of benzene rings is 2. The molecule has 0 saturated heterocycles. The molecule has 0 fully saturated rings. The van der Waals surface area contributed by atoms with Gasteiger partial charge in [-0.15, -0.1) is 0 Å². The van der Waals surface area contributed by atoms with Gasteiger partial charge in [-0.1, -0.05) is 36.4 Å². The van der Waals surface area contributed by atoms with Crippen molar-refractivity contribution in [2.45, 2.75) is 13.3 Å². The first-order valence-electron chi connectivity index (χ1n) is 9.88. The quantitative estimate of drug-likeness (QED) is 0.477. The Morgan fingerprint density at radius 3 is 2.69 bits per heavy atom. The molecule has 4 rings (SSSR count). The normalized spacial score (nSPS) is 10.8. The van der Waals surface area contributed by atoms with Crippen molar-refractivity contribution >= 4 is 28.3 Å². The van der Waals surface area contributed by atoms with Crippen molar-refractivity contribution in [3.05, 3.63) is 90.3 Å². The number of para-hydroxylation sites is 2. The maximum Gasteiger partial charge on any atom is 0.258 e. The molecule has 0 radical (unpaired) electrons. The highest BCUT2D eigenvalue weighted by molar-refractivity contribution is 6.06. The molecule has 2 aromatic carbocycles. The summed E-state index contributed by atoms with van der Waals surface area (Å²) in [6, 6.07) is 21.6. The molecule has 0 aliphatic carbocycles. The van der Waals surface area contributed by atoms with Crippen molar-refractivity contribution in [3.63, 3.8) is 0 Å². The van der Waals surface area contributed by atoms with Crippen LogP contribution in [-0.2, 0) is 6.42 Å². The monoisotopic (exact) mass is 384 g/mol. The molecule has 5 heteroatoms. The Kier molecular flexibility index (Phi) is 5.56. The van der Waals surface area contributed by atoms with Crippen LogP contribution in [0, 0.1) is 0 Å². The molecule has 0 atom stereocenters. The standard InChI is InChI=1S/C24H24N4O/c1-2-28(20-8-4-3-5-9-20)24(29)18-12-14-25-23(16-18)26-15-13-19-17-27-22-11-7-6-10-21(19)22/h3-12,14,16-17,27H,2,13,15H2,1H3,(H,25,26). The first kappa shape index (κ1) is 18.7. The number of amides is 1. The number of hydrogen-bond acceptors (Lipinski definition) is 3. The molecule has 1 amide bonds. The lowest BCUT2D eigenvalue weighted by atomic mass is 10.1. The predicted molar refractivity (Wildman–Crippen MR) is 119 cm³/mol. The zero-order valence-corrected chi connectivity index (χ0v) is 16.4. The number of carbonyl (C=O) groups excluding carboxylic acids is 1. The number of pyridine rings is 1. The lowest BCUT2D eigenvalue weighted by Gasteiger charge is -2.21. The van der Waals surface area contributed by atoms with E-state index in [1.165, 1.54) is 10.9 Å². The van der Waals surface area contributed by atoms with Crippen molar-refractivity contribution < 1.29 is 4.79 Å². The highest BCUT2D eigenvalue weighted by atomic mass is 16.2. The summed E-state index contributed by atoms with van der Waals surface area (Å²) in [6.07, 6.45) is 4.60. The predicted octanol–water partition coefficient (Wildman–Crippen LogP) is 4.88. The molecule has 5 nitrogen and oxygen atoms in total. The molecule has 0 unspecified atom stereocenters. The minimum Gasteiger partial charge on any atom is -0.370 e. The molecule has 29 heavy (non-hydrogen) atoms.